The number of carboxylic acid groups (broad SMARTS) is 1. The standard InChI is InChI=1S/C10H15N3O6S2/c1-13(2)20(16,17)6-5-12-21(18,19)9-4-3-8(7-11-9)10(14)15/h3-4,7,12H,5-6H2,1-2H3,(H,14,15). The maximum atomic E-state index is 11.8. The van der Waals surface area contributed by atoms with Crippen LogP contribution in [0.3, 0.4) is 0 Å². The lowest BCUT2D eigenvalue weighted by Crippen LogP contribution is -2.34. The third kappa shape index (κ3) is 4.74. The van der Waals surface area contributed by atoms with E-state index in [1.807, 2.05) is 0 Å². The molecule has 11 heteroatoms. The van der Waals surface area contributed by atoms with E-state index in [0.717, 1.165) is 22.6 Å². The highest BCUT2D eigenvalue weighted by atomic mass is 32.2. The summed E-state index contributed by atoms with van der Waals surface area (Å²) in [5.74, 6) is -1.62. The van der Waals surface area contributed by atoms with Gasteiger partial charge in [0.25, 0.3) is 10.0 Å². The van der Waals surface area contributed by atoms with Crippen LogP contribution < -0.4 is 4.72 Å². The van der Waals surface area contributed by atoms with Gasteiger partial charge in [-0.1, -0.05) is 0 Å². The quantitative estimate of drug-likeness (QED) is 0.648. The molecule has 2 N–H and O–H groups in total. The summed E-state index contributed by atoms with van der Waals surface area (Å²) in [5.41, 5.74) is -0.149. The molecule has 0 spiro atoms. The molecule has 1 aromatic rings. The highest BCUT2D eigenvalue weighted by molar-refractivity contribution is 7.90. The Morgan fingerprint density at radius 3 is 2.33 bits per heavy atom. The zero-order valence-corrected chi connectivity index (χ0v) is 13.0. The molecule has 0 amide bonds. The molecule has 0 aliphatic carbocycles. The second-order valence-corrected chi connectivity index (χ2v) is 8.20. The minimum Gasteiger partial charge on any atom is -0.478 e. The molecule has 0 saturated carbocycles. The van der Waals surface area contributed by atoms with Crippen molar-refractivity contribution in [3.05, 3.63) is 23.9 Å². The molecule has 0 aromatic carbocycles. The highest BCUT2D eigenvalue weighted by Crippen LogP contribution is 2.06. The topological polar surface area (TPSA) is 134 Å². The fraction of sp³-hybridized carbons (Fsp3) is 0.400. The van der Waals surface area contributed by atoms with Gasteiger partial charge in [0, 0.05) is 26.8 Å². The molecule has 0 atom stereocenters. The Hall–Kier alpha value is -1.56. The van der Waals surface area contributed by atoms with E-state index in [2.05, 4.69) is 9.71 Å². The fourth-order valence-electron chi connectivity index (χ4n) is 1.23. The number of pyridine rings is 1. The maximum absolute atomic E-state index is 11.8. The lowest BCUT2D eigenvalue weighted by atomic mass is 10.3. The van der Waals surface area contributed by atoms with Crippen molar-refractivity contribution in [3.8, 4) is 0 Å². The molecule has 9 nitrogen and oxygen atoms in total. The Morgan fingerprint density at radius 1 is 1.29 bits per heavy atom. The van der Waals surface area contributed by atoms with Crippen molar-refractivity contribution in [2.75, 3.05) is 26.4 Å². The van der Waals surface area contributed by atoms with Crippen LogP contribution in [0.25, 0.3) is 0 Å². The summed E-state index contributed by atoms with van der Waals surface area (Å²) >= 11 is 0. The van der Waals surface area contributed by atoms with Gasteiger partial charge in [0.1, 0.15) is 0 Å². The predicted octanol–water partition coefficient (Wildman–Crippen LogP) is -1.05. The molecular formula is C10H15N3O6S2. The molecule has 0 aliphatic rings. The van der Waals surface area contributed by atoms with Crippen molar-refractivity contribution in [2.24, 2.45) is 0 Å². The van der Waals surface area contributed by atoms with Gasteiger partial charge in [-0.15, -0.1) is 0 Å². The summed E-state index contributed by atoms with van der Waals surface area (Å²) in [5, 5.41) is 8.31. The molecule has 0 aliphatic heterocycles. The maximum Gasteiger partial charge on any atom is 0.337 e. The SMILES string of the molecule is CN(C)S(=O)(=O)CCNS(=O)(=O)c1ccc(C(=O)O)cn1. The van der Waals surface area contributed by atoms with Gasteiger partial charge in [0.15, 0.2) is 5.03 Å². The first kappa shape index (κ1) is 17.5. The average molecular weight is 337 g/mol. The van der Waals surface area contributed by atoms with Gasteiger partial charge in [-0.2, -0.15) is 0 Å². The summed E-state index contributed by atoms with van der Waals surface area (Å²) < 4.78 is 49.7. The summed E-state index contributed by atoms with van der Waals surface area (Å²) in [6.45, 7) is -0.314. The summed E-state index contributed by atoms with van der Waals surface area (Å²) in [6.07, 6.45) is 0.910. The van der Waals surface area contributed by atoms with Crippen molar-refractivity contribution in [1.82, 2.24) is 14.0 Å². The van der Waals surface area contributed by atoms with Crippen LogP contribution >= 0.6 is 0 Å². The monoisotopic (exact) mass is 337 g/mol. The summed E-state index contributed by atoms with van der Waals surface area (Å²) in [6, 6.07) is 2.13. The van der Waals surface area contributed by atoms with Crippen LogP contribution in [0, 0.1) is 0 Å². The van der Waals surface area contributed by atoms with Gasteiger partial charge in [-0.25, -0.2) is 35.6 Å². The van der Waals surface area contributed by atoms with Crippen LogP contribution in [0.4, 0.5) is 0 Å². The molecule has 118 valence electrons. The molecule has 0 radical (unpaired) electrons. The van der Waals surface area contributed by atoms with Crippen LogP contribution in [0.15, 0.2) is 23.4 Å². The molecule has 1 rings (SSSR count). The number of aromatic nitrogens is 1. The van der Waals surface area contributed by atoms with Crippen molar-refractivity contribution in [2.45, 2.75) is 5.03 Å². The van der Waals surface area contributed by atoms with Crippen molar-refractivity contribution < 1.29 is 26.7 Å². The fourth-order valence-corrected chi connectivity index (χ4v) is 3.04. The van der Waals surface area contributed by atoms with Crippen LogP contribution in [-0.2, 0) is 20.0 Å². The predicted molar refractivity (Wildman–Crippen MR) is 73.9 cm³/mol. The number of hydrogen-bond acceptors (Lipinski definition) is 6. The first-order valence-corrected chi connectivity index (χ1v) is 8.75. The Balaban J connectivity index is 2.76. The lowest BCUT2D eigenvalue weighted by molar-refractivity contribution is 0.0696. The number of carbonyl (C=O) groups is 1. The molecular weight excluding hydrogens is 322 g/mol. The minimum atomic E-state index is -3.99. The minimum absolute atomic E-state index is 0.149. The smallest absolute Gasteiger partial charge is 0.337 e. The van der Waals surface area contributed by atoms with E-state index in [4.69, 9.17) is 5.11 Å². The van der Waals surface area contributed by atoms with Gasteiger partial charge in [0.2, 0.25) is 10.0 Å². The first-order chi connectivity index (χ1) is 9.56. The molecule has 0 fully saturated rings. The number of nitrogens with one attached hydrogen (secondary N) is 1. The van der Waals surface area contributed by atoms with Crippen molar-refractivity contribution in [3.63, 3.8) is 0 Å². The van der Waals surface area contributed by atoms with Gasteiger partial charge in [0.05, 0.1) is 11.3 Å². The Bertz CT molecular complexity index is 710. The second-order valence-electron chi connectivity index (χ2n) is 4.19. The number of aromatic carboxylic acids is 1. The molecule has 21 heavy (non-hydrogen) atoms. The third-order valence-corrected chi connectivity index (χ3v) is 5.68. The molecule has 0 saturated heterocycles. The van der Waals surface area contributed by atoms with Crippen molar-refractivity contribution in [1.29, 1.82) is 0 Å². The summed E-state index contributed by atoms with van der Waals surface area (Å²) in [4.78, 5) is 14.2. The third-order valence-electron chi connectivity index (χ3n) is 2.47. The van der Waals surface area contributed by atoms with Crippen LogP contribution in [-0.4, -0.2) is 63.6 Å². The van der Waals surface area contributed by atoms with E-state index in [0.29, 0.717) is 0 Å². The zero-order chi connectivity index (χ0) is 16.3. The highest BCUT2D eigenvalue weighted by Gasteiger charge is 2.19. The Labute approximate surface area is 122 Å². The van der Waals surface area contributed by atoms with E-state index < -0.39 is 31.8 Å². The zero-order valence-electron chi connectivity index (χ0n) is 11.3. The van der Waals surface area contributed by atoms with Crippen LogP contribution in [0.1, 0.15) is 10.4 Å². The number of rotatable bonds is 7. The molecule has 1 aromatic heterocycles. The van der Waals surface area contributed by atoms with Gasteiger partial charge < -0.3 is 5.11 Å². The van der Waals surface area contributed by atoms with Crippen molar-refractivity contribution >= 4 is 26.0 Å². The van der Waals surface area contributed by atoms with E-state index in [-0.39, 0.29) is 17.1 Å². The summed E-state index contributed by atoms with van der Waals surface area (Å²) in [7, 11) is -4.81. The first-order valence-electron chi connectivity index (χ1n) is 5.65. The normalized spacial score (nSPS) is 12.5. The van der Waals surface area contributed by atoms with Gasteiger partial charge in [-0.3, -0.25) is 0 Å². The number of hydrogen-bond donors (Lipinski definition) is 2. The molecule has 0 unspecified atom stereocenters. The van der Waals surface area contributed by atoms with E-state index in [9.17, 15) is 21.6 Å². The second kappa shape index (κ2) is 6.47. The molecule has 1 heterocycles. The van der Waals surface area contributed by atoms with Gasteiger partial charge >= 0.3 is 5.97 Å². The number of carboxylic acids is 1. The number of nitrogens with zero attached hydrogens (tertiary/aromatic N) is 2. The lowest BCUT2D eigenvalue weighted by Gasteiger charge is -2.11. The largest absolute Gasteiger partial charge is 0.478 e. The van der Waals surface area contributed by atoms with E-state index in [1.54, 1.807) is 0 Å². The number of sulfonamides is 2. The van der Waals surface area contributed by atoms with Crippen LogP contribution in [0.5, 0.6) is 0 Å². The van der Waals surface area contributed by atoms with Gasteiger partial charge in [-0.05, 0) is 12.1 Å². The van der Waals surface area contributed by atoms with E-state index >= 15 is 0 Å². The average Bonchev–Trinajstić information content (AvgIpc) is 2.38. The Kier molecular flexibility index (Phi) is 5.39. The Morgan fingerprint density at radius 2 is 1.90 bits per heavy atom. The van der Waals surface area contributed by atoms with Crippen LogP contribution in [0.2, 0.25) is 0 Å². The molecule has 0 bridgehead atoms. The van der Waals surface area contributed by atoms with E-state index in [1.165, 1.54) is 14.1 Å².